The van der Waals surface area contributed by atoms with Gasteiger partial charge in [-0.3, -0.25) is 29.0 Å². The van der Waals surface area contributed by atoms with Crippen molar-refractivity contribution in [3.8, 4) is 34.1 Å². The maximum absolute atomic E-state index is 14.9. The molecule has 0 aromatic heterocycles. The number of amides is 5. The SMILES string of the molecule is COc1cc2c(cc1OCCCOc1cc3c(cc1OC)C(=O)N1C=C(c4ccc(N5CCN(C)CC5)cc4)C[C@H]1C(=O)N3COCC[Si](C)(C)C)N(COCC[Si](C)(C)C)C(=O)[C@@H]1CC(C=CCN(CC3c4ccccc4-c4ccccc43)C(=O)O)=CN1C2=O. The number of nitrogens with zero attached hydrogens (tertiary/aromatic N) is 7. The quantitative estimate of drug-likeness (QED) is 0.0430. The molecule has 0 unspecified atom stereocenters. The van der Waals surface area contributed by atoms with E-state index < -0.39 is 40.2 Å². The van der Waals surface area contributed by atoms with E-state index in [0.717, 1.165) is 77.3 Å². The molecule has 5 aromatic carbocycles. The lowest BCUT2D eigenvalue weighted by molar-refractivity contribution is -0.123. The lowest BCUT2D eigenvalue weighted by atomic mass is 9.96. The Morgan fingerprint density at radius 2 is 1.12 bits per heavy atom. The predicted molar refractivity (Wildman–Crippen MR) is 358 cm³/mol. The van der Waals surface area contributed by atoms with E-state index in [4.69, 9.17) is 28.4 Å². The summed E-state index contributed by atoms with van der Waals surface area (Å²) in [5, 5.41) is 10.4. The van der Waals surface area contributed by atoms with E-state index in [9.17, 15) is 29.1 Å². The van der Waals surface area contributed by atoms with Crippen LogP contribution in [0.3, 0.4) is 0 Å². The van der Waals surface area contributed by atoms with Crippen LogP contribution >= 0.6 is 0 Å². The average molecular weight is 1270 g/mol. The van der Waals surface area contributed by atoms with Crippen molar-refractivity contribution >= 4 is 68.5 Å². The minimum atomic E-state index is -1.52. The molecule has 5 heterocycles. The molecule has 1 N–H and O–H groups in total. The highest BCUT2D eigenvalue weighted by Crippen LogP contribution is 2.47. The van der Waals surface area contributed by atoms with E-state index in [1.54, 1.807) is 52.4 Å². The van der Waals surface area contributed by atoms with Gasteiger partial charge in [-0.15, -0.1) is 0 Å². The summed E-state index contributed by atoms with van der Waals surface area (Å²) < 4.78 is 37.1. The largest absolute Gasteiger partial charge is 0.493 e. The van der Waals surface area contributed by atoms with Crippen LogP contribution in [0.15, 0.2) is 127 Å². The first-order chi connectivity index (χ1) is 43.7. The van der Waals surface area contributed by atoms with Gasteiger partial charge in [-0.25, -0.2) is 4.79 Å². The summed E-state index contributed by atoms with van der Waals surface area (Å²) >= 11 is 0. The molecule has 0 radical (unpaired) electrons. The highest BCUT2D eigenvalue weighted by atomic mass is 28.3. The normalized spacial score (nSPS) is 18.3. The second-order valence-electron chi connectivity index (χ2n) is 26.7. The first-order valence-corrected chi connectivity index (χ1v) is 39.0. The van der Waals surface area contributed by atoms with Gasteiger partial charge >= 0.3 is 6.09 Å². The molecule has 0 spiro atoms. The number of likely N-dealkylation sites (N-methyl/N-ethyl adjacent to an activating group) is 1. The molecule has 5 aromatic rings. The van der Waals surface area contributed by atoms with Crippen molar-refractivity contribution < 1.29 is 57.5 Å². The Hall–Kier alpha value is -8.22. The number of hydrogen-bond donors (Lipinski definition) is 1. The zero-order valence-corrected chi connectivity index (χ0v) is 55.9. The van der Waals surface area contributed by atoms with E-state index in [1.165, 1.54) is 28.9 Å². The third kappa shape index (κ3) is 14.2. The number of carbonyl (C=O) groups excluding carboxylic acids is 4. The Bertz CT molecular complexity index is 3620. The molecule has 0 saturated carbocycles. The second-order valence-corrected chi connectivity index (χ2v) is 37.9. The molecular formula is C70H85N7O12Si2. The Balaban J connectivity index is 0.788. The Kier molecular flexibility index (Phi) is 19.3. The summed E-state index contributed by atoms with van der Waals surface area (Å²) in [5.74, 6) is -0.265. The summed E-state index contributed by atoms with van der Waals surface area (Å²) in [6.45, 7) is 18.8. The number of piperazine rings is 1. The van der Waals surface area contributed by atoms with Crippen LogP contribution < -0.4 is 33.6 Å². The molecule has 6 aliphatic rings. The molecular weight excluding hydrogens is 1190 g/mol. The predicted octanol–water partition coefficient (Wildman–Crippen LogP) is 11.3. The Labute approximate surface area is 536 Å². The Morgan fingerprint density at radius 1 is 0.615 bits per heavy atom. The molecule has 480 valence electrons. The van der Waals surface area contributed by atoms with Crippen LogP contribution in [0.4, 0.5) is 21.9 Å². The van der Waals surface area contributed by atoms with Gasteiger partial charge < -0.3 is 58.0 Å². The standard InChI is InChI=1S/C70H85N7O12Si2/c1-71-26-28-72(29-27-71)50-23-21-48(22-24-50)49-37-61-69(81)77(46-87-33-35-91(7,8)9)59-41-65(63(85-3)39-56(59)67(79)75(61)43-49)89-31-15-30-88-64-40-58-55(38-62(64)84-2)66(78)74-42-47(36-60(74)68(80)76(58)45-86-32-34-90(4,5)6)16-14-25-73(70(82)83)44-57-53-19-12-10-17-51(53)52-18-11-13-20-54(52)57/h10-14,16-24,38-43,57,60-61H,15,25-37,44-46H2,1-9H3,(H,82,83)/t60-,61-/m0/s1. The molecule has 19 nitrogen and oxygen atoms in total. The van der Waals surface area contributed by atoms with Crippen LogP contribution in [0, 0.1) is 0 Å². The first kappa shape index (κ1) is 64.3. The highest BCUT2D eigenvalue weighted by Gasteiger charge is 2.45. The lowest BCUT2D eigenvalue weighted by Crippen LogP contribution is -2.45. The number of methoxy groups -OCH3 is 2. The molecule has 5 aliphatic heterocycles. The molecule has 2 atom stereocenters. The zero-order valence-electron chi connectivity index (χ0n) is 53.9. The average Bonchev–Trinajstić information content (AvgIpc) is 1.68. The summed E-state index contributed by atoms with van der Waals surface area (Å²) in [6.07, 6.45) is 6.91. The lowest BCUT2D eigenvalue weighted by Gasteiger charge is -2.34. The smallest absolute Gasteiger partial charge is 0.407 e. The van der Waals surface area contributed by atoms with Crippen molar-refractivity contribution in [3.05, 3.63) is 155 Å². The van der Waals surface area contributed by atoms with Gasteiger partial charge in [0.25, 0.3) is 23.6 Å². The second kappa shape index (κ2) is 27.3. The van der Waals surface area contributed by atoms with E-state index >= 15 is 0 Å². The van der Waals surface area contributed by atoms with Gasteiger partial charge in [0.2, 0.25) is 0 Å². The fourth-order valence-electron chi connectivity index (χ4n) is 12.6. The monoisotopic (exact) mass is 1270 g/mol. The maximum Gasteiger partial charge on any atom is 0.407 e. The summed E-state index contributed by atoms with van der Waals surface area (Å²) in [6, 6.07) is 31.3. The fraction of sp³-hybridized carbons (Fsp3) is 0.414. The summed E-state index contributed by atoms with van der Waals surface area (Å²) in [4.78, 5) is 84.2. The van der Waals surface area contributed by atoms with Crippen LogP contribution in [-0.2, 0) is 19.1 Å². The molecule has 5 amide bonds. The number of anilines is 3. The van der Waals surface area contributed by atoms with Crippen LogP contribution in [0.5, 0.6) is 23.0 Å². The molecule has 21 heteroatoms. The van der Waals surface area contributed by atoms with Gasteiger partial charge in [0, 0.05) is 124 Å². The van der Waals surface area contributed by atoms with Crippen molar-refractivity contribution in [1.82, 2.24) is 19.6 Å². The molecule has 1 aliphatic carbocycles. The molecule has 1 fully saturated rings. The maximum atomic E-state index is 14.9. The van der Waals surface area contributed by atoms with Crippen molar-refractivity contribution in [3.63, 3.8) is 0 Å². The number of hydrogen-bond acceptors (Lipinski definition) is 13. The van der Waals surface area contributed by atoms with Crippen LogP contribution in [0.2, 0.25) is 51.4 Å². The van der Waals surface area contributed by atoms with Gasteiger partial charge in [0.05, 0.1) is 49.9 Å². The van der Waals surface area contributed by atoms with E-state index in [-0.39, 0.29) is 86.7 Å². The van der Waals surface area contributed by atoms with Crippen LogP contribution in [-0.4, -0.2) is 183 Å². The van der Waals surface area contributed by atoms with Crippen molar-refractivity contribution in [2.45, 2.75) is 88.6 Å². The third-order valence-corrected chi connectivity index (χ3v) is 21.3. The van der Waals surface area contributed by atoms with Gasteiger partial charge in [-0.05, 0) is 82.4 Å². The van der Waals surface area contributed by atoms with Crippen molar-refractivity contribution in [2.75, 3.05) is 115 Å². The van der Waals surface area contributed by atoms with E-state index in [0.29, 0.717) is 60.3 Å². The number of benzene rings is 5. The van der Waals surface area contributed by atoms with Gasteiger partial charge in [0.15, 0.2) is 23.0 Å². The highest BCUT2D eigenvalue weighted by molar-refractivity contribution is 6.76. The minimum absolute atomic E-state index is 0.0545. The Morgan fingerprint density at radius 3 is 1.63 bits per heavy atom. The number of allylic oxidation sites excluding steroid dienone is 1. The number of carboxylic acid groups (broad SMARTS) is 1. The number of fused-ring (bicyclic) bond motifs is 7. The summed E-state index contributed by atoms with van der Waals surface area (Å²) in [5.41, 5.74) is 9.28. The van der Waals surface area contributed by atoms with Gasteiger partial charge in [-0.2, -0.15) is 0 Å². The molecule has 1 saturated heterocycles. The number of rotatable bonds is 25. The third-order valence-electron chi connectivity index (χ3n) is 17.9. The number of ether oxygens (including phenoxy) is 6. The van der Waals surface area contributed by atoms with Gasteiger partial charge in [0.1, 0.15) is 25.5 Å². The molecule has 0 bridgehead atoms. The number of carbonyl (C=O) groups is 5. The topological polar surface area (TPSA) is 184 Å². The molecule has 91 heavy (non-hydrogen) atoms. The fourth-order valence-corrected chi connectivity index (χ4v) is 14.1. The van der Waals surface area contributed by atoms with Crippen molar-refractivity contribution in [1.29, 1.82) is 0 Å². The van der Waals surface area contributed by atoms with Crippen LogP contribution in [0.25, 0.3) is 16.7 Å². The zero-order chi connectivity index (χ0) is 64.3. The summed E-state index contributed by atoms with van der Waals surface area (Å²) in [7, 11) is 2.14. The van der Waals surface area contributed by atoms with Gasteiger partial charge in [-0.1, -0.05) is 112 Å². The first-order valence-electron chi connectivity index (χ1n) is 31.6. The minimum Gasteiger partial charge on any atom is -0.493 e. The van der Waals surface area contributed by atoms with Crippen molar-refractivity contribution in [2.24, 2.45) is 0 Å². The van der Waals surface area contributed by atoms with E-state index in [2.05, 4.69) is 105 Å². The van der Waals surface area contributed by atoms with Crippen LogP contribution in [0.1, 0.15) is 62.6 Å². The molecule has 11 rings (SSSR count). The van der Waals surface area contributed by atoms with E-state index in [1.807, 2.05) is 30.5 Å².